The summed E-state index contributed by atoms with van der Waals surface area (Å²) in [6.07, 6.45) is 1.08. The van der Waals surface area contributed by atoms with Crippen molar-refractivity contribution in [3.63, 3.8) is 0 Å². The molecule has 0 spiro atoms. The summed E-state index contributed by atoms with van der Waals surface area (Å²) in [7, 11) is 1.41. The van der Waals surface area contributed by atoms with Crippen molar-refractivity contribution in [1.82, 2.24) is 5.32 Å². The maximum atomic E-state index is 10.9. The first-order valence-electron chi connectivity index (χ1n) is 4.39. The first-order valence-corrected chi connectivity index (χ1v) is 4.39. The highest BCUT2D eigenvalue weighted by Crippen LogP contribution is 1.97. The summed E-state index contributed by atoms with van der Waals surface area (Å²) in [5.41, 5.74) is 0. The number of rotatable bonds is 5. The Balaban J connectivity index is 3.43. The number of hydrogen-bond acceptors (Lipinski definition) is 3. The zero-order valence-corrected chi connectivity index (χ0v) is 8.39. The van der Waals surface area contributed by atoms with Crippen LogP contribution in [0.1, 0.15) is 27.2 Å². The van der Waals surface area contributed by atoms with Crippen molar-refractivity contribution in [2.75, 3.05) is 13.7 Å². The van der Waals surface area contributed by atoms with Crippen LogP contribution in [0.5, 0.6) is 0 Å². The Morgan fingerprint density at radius 1 is 1.42 bits per heavy atom. The third-order valence-electron chi connectivity index (χ3n) is 1.73. The van der Waals surface area contributed by atoms with Gasteiger partial charge in [-0.25, -0.2) is 0 Å². The Morgan fingerprint density at radius 2 is 2.00 bits per heavy atom. The first-order chi connectivity index (χ1) is 5.57. The molecule has 1 unspecified atom stereocenters. The molecule has 0 radical (unpaired) electrons. The second-order valence-electron chi connectivity index (χ2n) is 3.38. The van der Waals surface area contributed by atoms with Crippen LogP contribution in [0.25, 0.3) is 0 Å². The summed E-state index contributed by atoms with van der Waals surface area (Å²) in [5, 5.41) is 3.09. The normalized spacial score (nSPS) is 13.1. The van der Waals surface area contributed by atoms with Crippen LogP contribution in [0.3, 0.4) is 0 Å². The number of methoxy groups -OCH3 is 1. The summed E-state index contributed by atoms with van der Waals surface area (Å²) in [4.78, 5) is 10.9. The van der Waals surface area contributed by atoms with Crippen molar-refractivity contribution in [3.8, 4) is 0 Å². The smallest absolute Gasteiger partial charge is 0.322 e. The molecule has 0 aliphatic carbocycles. The van der Waals surface area contributed by atoms with E-state index in [1.165, 1.54) is 7.11 Å². The predicted molar refractivity (Wildman–Crippen MR) is 48.9 cm³/mol. The van der Waals surface area contributed by atoms with Gasteiger partial charge in [-0.15, -0.1) is 0 Å². The van der Waals surface area contributed by atoms with E-state index in [1.54, 1.807) is 0 Å². The molecule has 0 saturated heterocycles. The second-order valence-corrected chi connectivity index (χ2v) is 3.38. The fourth-order valence-corrected chi connectivity index (χ4v) is 0.849. The Hall–Kier alpha value is -0.570. The van der Waals surface area contributed by atoms with Gasteiger partial charge >= 0.3 is 5.97 Å². The van der Waals surface area contributed by atoms with Crippen LogP contribution < -0.4 is 5.32 Å². The molecule has 0 bridgehead atoms. The summed E-state index contributed by atoms with van der Waals surface area (Å²) >= 11 is 0. The van der Waals surface area contributed by atoms with Gasteiger partial charge in [-0.3, -0.25) is 4.79 Å². The van der Waals surface area contributed by atoms with Crippen molar-refractivity contribution in [1.29, 1.82) is 0 Å². The van der Waals surface area contributed by atoms with Crippen LogP contribution in [0.15, 0.2) is 0 Å². The van der Waals surface area contributed by atoms with Crippen LogP contribution in [0, 0.1) is 5.92 Å². The molecule has 0 aliphatic rings. The number of nitrogens with one attached hydrogen (secondary N) is 1. The number of carbonyl (C=O) groups excluding carboxylic acids is 1. The van der Waals surface area contributed by atoms with Crippen molar-refractivity contribution in [2.45, 2.75) is 33.2 Å². The van der Waals surface area contributed by atoms with Gasteiger partial charge in [-0.1, -0.05) is 13.8 Å². The zero-order valence-electron chi connectivity index (χ0n) is 8.39. The van der Waals surface area contributed by atoms with Gasteiger partial charge < -0.3 is 10.1 Å². The molecular formula is C9H19NO2. The SMILES string of the molecule is COC(=O)C(C)NCCC(C)C. The summed E-state index contributed by atoms with van der Waals surface area (Å²) in [6, 6.07) is -0.186. The van der Waals surface area contributed by atoms with Gasteiger partial charge in [0.25, 0.3) is 0 Å². The lowest BCUT2D eigenvalue weighted by Crippen LogP contribution is -2.35. The summed E-state index contributed by atoms with van der Waals surface area (Å²) in [6.45, 7) is 7.00. The summed E-state index contributed by atoms with van der Waals surface area (Å²) < 4.78 is 4.57. The van der Waals surface area contributed by atoms with Gasteiger partial charge in [-0.2, -0.15) is 0 Å². The molecule has 0 heterocycles. The number of esters is 1. The van der Waals surface area contributed by atoms with E-state index in [-0.39, 0.29) is 12.0 Å². The van der Waals surface area contributed by atoms with Gasteiger partial charge in [-0.05, 0) is 25.8 Å². The maximum Gasteiger partial charge on any atom is 0.322 e. The molecule has 1 N–H and O–H groups in total. The largest absolute Gasteiger partial charge is 0.468 e. The minimum atomic E-state index is -0.196. The first kappa shape index (κ1) is 11.4. The van der Waals surface area contributed by atoms with E-state index in [9.17, 15) is 4.79 Å². The molecule has 72 valence electrons. The predicted octanol–water partition coefficient (Wildman–Crippen LogP) is 1.18. The van der Waals surface area contributed by atoms with E-state index >= 15 is 0 Å². The molecule has 0 amide bonds. The third kappa shape index (κ3) is 5.13. The van der Waals surface area contributed by atoms with Crippen LogP contribution in [0.4, 0.5) is 0 Å². The molecule has 0 aromatic rings. The Labute approximate surface area is 74.5 Å². The quantitative estimate of drug-likeness (QED) is 0.634. The van der Waals surface area contributed by atoms with E-state index in [2.05, 4.69) is 23.9 Å². The topological polar surface area (TPSA) is 38.3 Å². The third-order valence-corrected chi connectivity index (χ3v) is 1.73. The molecule has 0 aromatic carbocycles. The van der Waals surface area contributed by atoms with Gasteiger partial charge in [0.1, 0.15) is 6.04 Å². The standard InChI is InChI=1S/C9H19NO2/c1-7(2)5-6-10-8(3)9(11)12-4/h7-8,10H,5-6H2,1-4H3. The average Bonchev–Trinajstić information content (AvgIpc) is 2.02. The maximum absolute atomic E-state index is 10.9. The lowest BCUT2D eigenvalue weighted by molar-refractivity contribution is -0.142. The van der Waals surface area contributed by atoms with E-state index < -0.39 is 0 Å². The van der Waals surface area contributed by atoms with Gasteiger partial charge in [0.15, 0.2) is 0 Å². The van der Waals surface area contributed by atoms with Crippen LogP contribution in [-0.4, -0.2) is 25.7 Å². The van der Waals surface area contributed by atoms with Crippen LogP contribution in [0.2, 0.25) is 0 Å². The molecule has 0 aromatic heterocycles. The Bertz CT molecular complexity index is 134. The molecule has 0 rings (SSSR count). The average molecular weight is 173 g/mol. The lowest BCUT2D eigenvalue weighted by Gasteiger charge is -2.11. The van der Waals surface area contributed by atoms with Gasteiger partial charge in [0, 0.05) is 0 Å². The monoisotopic (exact) mass is 173 g/mol. The van der Waals surface area contributed by atoms with E-state index in [0.29, 0.717) is 5.92 Å². The highest BCUT2D eigenvalue weighted by molar-refractivity contribution is 5.74. The highest BCUT2D eigenvalue weighted by atomic mass is 16.5. The molecule has 1 atom stereocenters. The van der Waals surface area contributed by atoms with E-state index in [1.807, 2.05) is 6.92 Å². The van der Waals surface area contributed by atoms with Crippen molar-refractivity contribution < 1.29 is 9.53 Å². The number of carbonyl (C=O) groups is 1. The van der Waals surface area contributed by atoms with Gasteiger partial charge in [0.05, 0.1) is 7.11 Å². The molecule has 3 nitrogen and oxygen atoms in total. The number of hydrogen-bond donors (Lipinski definition) is 1. The van der Waals surface area contributed by atoms with Crippen molar-refractivity contribution in [2.24, 2.45) is 5.92 Å². The highest BCUT2D eigenvalue weighted by Gasteiger charge is 2.10. The molecule has 0 saturated carbocycles. The van der Waals surface area contributed by atoms with E-state index in [4.69, 9.17) is 0 Å². The summed E-state index contributed by atoms with van der Waals surface area (Å²) in [5.74, 6) is 0.473. The number of ether oxygens (including phenoxy) is 1. The minimum Gasteiger partial charge on any atom is -0.468 e. The van der Waals surface area contributed by atoms with Gasteiger partial charge in [0.2, 0.25) is 0 Å². The van der Waals surface area contributed by atoms with Crippen LogP contribution in [-0.2, 0) is 9.53 Å². The fourth-order valence-electron chi connectivity index (χ4n) is 0.849. The fraction of sp³-hybridized carbons (Fsp3) is 0.889. The molecule has 12 heavy (non-hydrogen) atoms. The molecular weight excluding hydrogens is 154 g/mol. The van der Waals surface area contributed by atoms with Crippen molar-refractivity contribution in [3.05, 3.63) is 0 Å². The van der Waals surface area contributed by atoms with E-state index in [0.717, 1.165) is 13.0 Å². The zero-order chi connectivity index (χ0) is 9.56. The van der Waals surface area contributed by atoms with Crippen LogP contribution >= 0.6 is 0 Å². The Kier molecular flexibility index (Phi) is 5.72. The Morgan fingerprint density at radius 3 is 2.42 bits per heavy atom. The molecule has 0 aliphatic heterocycles. The minimum absolute atomic E-state index is 0.186. The second kappa shape index (κ2) is 6.00. The molecule has 3 heteroatoms. The van der Waals surface area contributed by atoms with Crippen molar-refractivity contribution >= 4 is 5.97 Å². The lowest BCUT2D eigenvalue weighted by atomic mass is 10.1. The molecule has 0 fully saturated rings.